The van der Waals surface area contributed by atoms with Gasteiger partial charge in [0.05, 0.1) is 19.1 Å². The van der Waals surface area contributed by atoms with E-state index in [1.54, 1.807) is 11.0 Å². The van der Waals surface area contributed by atoms with Crippen molar-refractivity contribution in [1.29, 1.82) is 0 Å². The van der Waals surface area contributed by atoms with Gasteiger partial charge in [-0.25, -0.2) is 0 Å². The summed E-state index contributed by atoms with van der Waals surface area (Å²) in [5.74, 6) is 0.246. The molecule has 0 radical (unpaired) electrons. The number of nitrogens with zero attached hydrogens (tertiary/aromatic N) is 2. The average Bonchev–Trinajstić information content (AvgIpc) is 2.86. The number of morpholine rings is 1. The minimum absolute atomic E-state index is 0.0718. The number of likely N-dealkylation sites (tertiary alicyclic amines) is 1. The number of ether oxygens (including phenoxy) is 3. The van der Waals surface area contributed by atoms with E-state index in [1.807, 2.05) is 30.9 Å². The van der Waals surface area contributed by atoms with Crippen LogP contribution in [0.4, 0.5) is 13.2 Å². The lowest BCUT2D eigenvalue weighted by atomic mass is 9.95. The van der Waals surface area contributed by atoms with Gasteiger partial charge in [-0.3, -0.25) is 9.69 Å². The highest BCUT2D eigenvalue weighted by atomic mass is 35.5. The molecule has 1 amide bonds. The van der Waals surface area contributed by atoms with Gasteiger partial charge in [0, 0.05) is 37.7 Å². The number of aliphatic hydroxyl groups excluding tert-OH is 1. The van der Waals surface area contributed by atoms with Crippen LogP contribution in [0.25, 0.3) is 0 Å². The maximum atomic E-state index is 13.3. The molecular formula is C28H34ClF3N2O5. The molecule has 39 heavy (non-hydrogen) atoms. The summed E-state index contributed by atoms with van der Waals surface area (Å²) in [5.41, 5.74) is 1.41. The second kappa shape index (κ2) is 12.3. The molecule has 2 aromatic rings. The summed E-state index contributed by atoms with van der Waals surface area (Å²) < 4.78 is 54.6. The minimum Gasteiger partial charge on any atom is -0.490 e. The largest absolute Gasteiger partial charge is 0.573 e. The number of carbonyl (C=O) groups is 1. The van der Waals surface area contributed by atoms with E-state index in [0.29, 0.717) is 68.5 Å². The SMILES string of the molecule is Cc1cc(OC[C@]2(CC(=O)N3CCC(O)CC3)CN(Cc3cccc(OC(F)(F)F)c3)CCO2)cc(C)c1Cl. The van der Waals surface area contributed by atoms with Crippen LogP contribution in [-0.2, 0) is 16.1 Å². The molecule has 2 aliphatic heterocycles. The summed E-state index contributed by atoms with van der Waals surface area (Å²) in [7, 11) is 0. The fourth-order valence-electron chi connectivity index (χ4n) is 5.11. The highest BCUT2D eigenvalue weighted by Gasteiger charge is 2.41. The molecule has 0 aromatic heterocycles. The molecule has 7 nitrogen and oxygen atoms in total. The second-order valence-electron chi connectivity index (χ2n) is 10.4. The van der Waals surface area contributed by atoms with Crippen LogP contribution in [0.5, 0.6) is 11.5 Å². The quantitative estimate of drug-likeness (QED) is 0.488. The molecule has 0 unspecified atom stereocenters. The number of amides is 1. The summed E-state index contributed by atoms with van der Waals surface area (Å²) >= 11 is 6.31. The van der Waals surface area contributed by atoms with Gasteiger partial charge in [0.2, 0.25) is 5.91 Å². The van der Waals surface area contributed by atoms with Crippen LogP contribution in [0.15, 0.2) is 36.4 Å². The predicted molar refractivity (Wildman–Crippen MR) is 140 cm³/mol. The first kappa shape index (κ1) is 29.5. The third kappa shape index (κ3) is 8.23. The van der Waals surface area contributed by atoms with Crippen molar-refractivity contribution in [3.05, 3.63) is 58.1 Å². The third-order valence-electron chi connectivity index (χ3n) is 7.07. The van der Waals surface area contributed by atoms with E-state index >= 15 is 0 Å². The summed E-state index contributed by atoms with van der Waals surface area (Å²) in [6.45, 7) is 6.38. The third-order valence-corrected chi connectivity index (χ3v) is 7.66. The van der Waals surface area contributed by atoms with Crippen molar-refractivity contribution in [2.45, 2.75) is 57.7 Å². The maximum absolute atomic E-state index is 13.3. The van der Waals surface area contributed by atoms with Crippen molar-refractivity contribution in [3.63, 3.8) is 0 Å². The molecule has 0 spiro atoms. The monoisotopic (exact) mass is 570 g/mol. The van der Waals surface area contributed by atoms with Gasteiger partial charge in [0.15, 0.2) is 0 Å². The zero-order chi connectivity index (χ0) is 28.2. The lowest BCUT2D eigenvalue weighted by Crippen LogP contribution is -2.57. The van der Waals surface area contributed by atoms with Gasteiger partial charge in [-0.2, -0.15) is 0 Å². The van der Waals surface area contributed by atoms with E-state index in [0.717, 1.165) is 11.1 Å². The van der Waals surface area contributed by atoms with Crippen LogP contribution in [-0.4, -0.2) is 78.3 Å². The van der Waals surface area contributed by atoms with E-state index in [9.17, 15) is 23.1 Å². The molecule has 11 heteroatoms. The molecule has 1 atom stereocenters. The van der Waals surface area contributed by atoms with E-state index in [-0.39, 0.29) is 24.7 Å². The van der Waals surface area contributed by atoms with Crippen molar-refractivity contribution >= 4 is 17.5 Å². The first-order chi connectivity index (χ1) is 18.4. The van der Waals surface area contributed by atoms with Crippen LogP contribution in [0.2, 0.25) is 5.02 Å². The summed E-state index contributed by atoms with van der Waals surface area (Å²) in [4.78, 5) is 17.1. The zero-order valence-electron chi connectivity index (χ0n) is 22.1. The molecule has 0 saturated carbocycles. The molecule has 4 rings (SSSR count). The Kier molecular flexibility index (Phi) is 9.31. The van der Waals surface area contributed by atoms with E-state index in [4.69, 9.17) is 21.1 Å². The number of halogens is 4. The van der Waals surface area contributed by atoms with Gasteiger partial charge < -0.3 is 24.2 Å². The standard InChI is InChI=1S/C28H34ClF3N2O5/c1-19-12-24(13-20(2)26(19)29)37-18-27(15-25(36)34-8-6-22(35)7-9-34)17-33(10-11-38-27)16-21-4-3-5-23(14-21)39-28(30,31)32/h3-5,12-14,22,35H,6-11,15-18H2,1-2H3/t27-/m0/s1. The second-order valence-corrected chi connectivity index (χ2v) is 10.8. The zero-order valence-corrected chi connectivity index (χ0v) is 22.9. The number of aliphatic hydroxyl groups is 1. The first-order valence-corrected chi connectivity index (χ1v) is 13.4. The molecule has 1 N–H and O–H groups in total. The number of aryl methyl sites for hydroxylation is 2. The number of benzene rings is 2. The normalized spacial score (nSPS) is 21.2. The van der Waals surface area contributed by atoms with E-state index < -0.39 is 18.1 Å². The van der Waals surface area contributed by atoms with Gasteiger partial charge in [-0.15, -0.1) is 13.2 Å². The summed E-state index contributed by atoms with van der Waals surface area (Å²) in [6.07, 6.45) is -4.04. The van der Waals surface area contributed by atoms with E-state index in [1.165, 1.54) is 18.2 Å². The van der Waals surface area contributed by atoms with Crippen LogP contribution in [0.1, 0.15) is 36.0 Å². The molecule has 0 aliphatic carbocycles. The lowest BCUT2D eigenvalue weighted by Gasteiger charge is -2.43. The Labute approximate surface area is 231 Å². The smallest absolute Gasteiger partial charge is 0.490 e. The lowest BCUT2D eigenvalue weighted by molar-refractivity contribution is -0.274. The topological polar surface area (TPSA) is 71.5 Å². The van der Waals surface area contributed by atoms with E-state index in [2.05, 4.69) is 4.74 Å². The maximum Gasteiger partial charge on any atom is 0.573 e. The predicted octanol–water partition coefficient (Wildman–Crippen LogP) is 4.88. The number of carbonyl (C=O) groups excluding carboxylic acids is 1. The van der Waals surface area contributed by atoms with Gasteiger partial charge in [0.1, 0.15) is 23.7 Å². The van der Waals surface area contributed by atoms with Crippen molar-refractivity contribution in [1.82, 2.24) is 9.80 Å². The van der Waals surface area contributed by atoms with Gasteiger partial charge >= 0.3 is 6.36 Å². The Bertz CT molecular complexity index is 1130. The van der Waals surface area contributed by atoms with Crippen molar-refractivity contribution < 1.29 is 37.3 Å². The fraction of sp³-hybridized carbons (Fsp3) is 0.536. The molecule has 2 fully saturated rings. The number of hydrogen-bond donors (Lipinski definition) is 1. The summed E-state index contributed by atoms with van der Waals surface area (Å²) in [5, 5.41) is 10.5. The van der Waals surface area contributed by atoms with Crippen LogP contribution in [0, 0.1) is 13.8 Å². The average molecular weight is 571 g/mol. The van der Waals surface area contributed by atoms with Crippen molar-refractivity contribution in [3.8, 4) is 11.5 Å². The highest BCUT2D eigenvalue weighted by Crippen LogP contribution is 2.31. The number of rotatable bonds is 8. The molecule has 214 valence electrons. The number of hydrogen-bond acceptors (Lipinski definition) is 6. The number of piperidine rings is 1. The number of alkyl halides is 3. The molecule has 0 bridgehead atoms. The minimum atomic E-state index is -4.77. The Balaban J connectivity index is 1.51. The molecule has 2 heterocycles. The Morgan fingerprint density at radius 2 is 1.82 bits per heavy atom. The van der Waals surface area contributed by atoms with Crippen LogP contribution in [0.3, 0.4) is 0 Å². The highest BCUT2D eigenvalue weighted by molar-refractivity contribution is 6.32. The van der Waals surface area contributed by atoms with Crippen LogP contribution >= 0.6 is 11.6 Å². The van der Waals surface area contributed by atoms with Gasteiger partial charge in [-0.05, 0) is 67.6 Å². The van der Waals surface area contributed by atoms with Gasteiger partial charge in [-0.1, -0.05) is 23.7 Å². The molecule has 2 aromatic carbocycles. The Morgan fingerprint density at radius 3 is 2.49 bits per heavy atom. The van der Waals surface area contributed by atoms with Crippen molar-refractivity contribution in [2.75, 3.05) is 39.4 Å². The van der Waals surface area contributed by atoms with Gasteiger partial charge in [0.25, 0.3) is 0 Å². The fourth-order valence-corrected chi connectivity index (χ4v) is 5.22. The van der Waals surface area contributed by atoms with Crippen LogP contribution < -0.4 is 9.47 Å². The molecule has 2 aliphatic rings. The Morgan fingerprint density at radius 1 is 1.13 bits per heavy atom. The summed E-state index contributed by atoms with van der Waals surface area (Å²) in [6, 6.07) is 9.56. The molecule has 2 saturated heterocycles. The molecular weight excluding hydrogens is 537 g/mol. The first-order valence-electron chi connectivity index (χ1n) is 13.0. The van der Waals surface area contributed by atoms with Crippen molar-refractivity contribution in [2.24, 2.45) is 0 Å². The Hall–Kier alpha value is -2.53.